The van der Waals surface area contributed by atoms with Crippen LogP contribution in [0.2, 0.25) is 0 Å². The molecule has 4 rings (SSSR count). The number of amides is 3. The highest BCUT2D eigenvalue weighted by atomic mass is 79.9. The van der Waals surface area contributed by atoms with Gasteiger partial charge in [0, 0.05) is 53.6 Å². The molecular formula is C59H84Br2N4O9. The number of hydrogen-bond acceptors (Lipinski definition) is 10. The van der Waals surface area contributed by atoms with E-state index in [4.69, 9.17) is 41.7 Å². The molecule has 0 atom stereocenters. The molecule has 0 unspecified atom stereocenters. The summed E-state index contributed by atoms with van der Waals surface area (Å²) in [4.78, 5) is 34.5. The summed E-state index contributed by atoms with van der Waals surface area (Å²) in [6.45, 7) is 19.3. The smallest absolute Gasteiger partial charge is 0.407 e. The number of halogens is 2. The van der Waals surface area contributed by atoms with E-state index in [1.807, 2.05) is 141 Å². The maximum absolute atomic E-state index is 11.6. The minimum absolute atomic E-state index is 0.0648. The van der Waals surface area contributed by atoms with E-state index in [0.717, 1.165) is 58.6 Å². The third kappa shape index (κ3) is 38.2. The normalized spacial score (nSPS) is 10.5. The van der Waals surface area contributed by atoms with Crippen LogP contribution in [0.1, 0.15) is 121 Å². The number of carbonyl (C=O) groups is 3. The van der Waals surface area contributed by atoms with E-state index in [-0.39, 0.29) is 32.0 Å². The van der Waals surface area contributed by atoms with Crippen LogP contribution in [0.15, 0.2) is 106 Å². The van der Waals surface area contributed by atoms with Crippen LogP contribution < -0.4 is 21.7 Å². The average Bonchev–Trinajstić information content (AvgIpc) is 3.31. The standard InChI is InChI=1S/C17H27NO3.C17H23NO3.C13H18BrNO2.C8H10BrN.C4H6O/c2*1-17(2,3)21-16(20)18-12-11-15-9-5-4-8-14(15)10-6-7-13-19;1-13(2,3)17-12(16)15-9-8-10-6-4-5-7-11(10)14;9-8-4-2-1-3-7(8)5-6-10;1-2-3-4-5/h4-5,8-9,19H,6-7,10-13H2,1-3H3,(H,18,20);4-5,8-9,19H,7,11-13H2,1-3H3,(H,18,20);4-7H,8-9H2,1-3H3,(H,15,16);1-4H,5-6,10H2;1,5H,3-4H2. The second-order valence-electron chi connectivity index (χ2n) is 19.3. The molecule has 74 heavy (non-hydrogen) atoms. The van der Waals surface area contributed by atoms with Gasteiger partial charge in [0.25, 0.3) is 0 Å². The number of unbranched alkanes of at least 4 members (excludes halogenated alkanes) is 1. The van der Waals surface area contributed by atoms with Crippen molar-refractivity contribution in [3.05, 3.63) is 139 Å². The zero-order chi connectivity index (χ0) is 55.8. The molecule has 0 aliphatic carbocycles. The molecule has 8 N–H and O–H groups in total. The first kappa shape index (κ1) is 68.6. The van der Waals surface area contributed by atoms with Crippen molar-refractivity contribution in [3.8, 4) is 24.2 Å². The number of terminal acetylenes is 1. The van der Waals surface area contributed by atoms with Gasteiger partial charge in [-0.15, -0.1) is 12.3 Å². The van der Waals surface area contributed by atoms with E-state index in [9.17, 15) is 14.4 Å². The predicted octanol–water partition coefficient (Wildman–Crippen LogP) is 11.0. The number of carbonyl (C=O) groups excluding carboxylic acids is 3. The molecule has 0 aliphatic heterocycles. The van der Waals surface area contributed by atoms with E-state index >= 15 is 0 Å². The van der Waals surface area contributed by atoms with Crippen molar-refractivity contribution in [3.63, 3.8) is 0 Å². The van der Waals surface area contributed by atoms with E-state index in [1.54, 1.807) is 0 Å². The highest BCUT2D eigenvalue weighted by Gasteiger charge is 2.17. The van der Waals surface area contributed by atoms with Gasteiger partial charge in [-0.1, -0.05) is 123 Å². The molecule has 0 fully saturated rings. The van der Waals surface area contributed by atoms with Crippen LogP contribution in [0, 0.1) is 24.2 Å². The Morgan fingerprint density at radius 3 is 1.26 bits per heavy atom. The number of aliphatic hydroxyl groups is 3. The second kappa shape index (κ2) is 40.0. The van der Waals surface area contributed by atoms with Crippen molar-refractivity contribution in [2.75, 3.05) is 46.0 Å². The van der Waals surface area contributed by atoms with Gasteiger partial charge in [0.15, 0.2) is 0 Å². The number of hydrogen-bond donors (Lipinski definition) is 7. The van der Waals surface area contributed by atoms with Gasteiger partial charge in [-0.2, -0.15) is 0 Å². The number of aryl methyl sites for hydroxylation is 1. The number of aliphatic hydroxyl groups excluding tert-OH is 3. The summed E-state index contributed by atoms with van der Waals surface area (Å²) in [5.41, 5.74) is 11.0. The molecule has 4 aromatic carbocycles. The third-order valence-corrected chi connectivity index (χ3v) is 10.8. The summed E-state index contributed by atoms with van der Waals surface area (Å²) in [5, 5.41) is 33.8. The first-order valence-corrected chi connectivity index (χ1v) is 26.5. The van der Waals surface area contributed by atoms with Crippen molar-refractivity contribution in [2.24, 2.45) is 5.73 Å². The quantitative estimate of drug-likeness (QED) is 0.0303. The summed E-state index contributed by atoms with van der Waals surface area (Å²) in [5.74, 6) is 8.21. The van der Waals surface area contributed by atoms with E-state index in [0.29, 0.717) is 45.4 Å². The van der Waals surface area contributed by atoms with Crippen LogP contribution >= 0.6 is 31.9 Å². The lowest BCUT2D eigenvalue weighted by atomic mass is 10.00. The summed E-state index contributed by atoms with van der Waals surface area (Å²) in [6, 6.07) is 32.1. The first-order chi connectivity index (χ1) is 35.0. The Hall–Kier alpha value is -5.39. The van der Waals surface area contributed by atoms with Crippen LogP contribution in [0.5, 0.6) is 0 Å². The Kier molecular flexibility index (Phi) is 37.1. The van der Waals surface area contributed by atoms with Gasteiger partial charge >= 0.3 is 18.3 Å². The van der Waals surface area contributed by atoms with Gasteiger partial charge in [-0.3, -0.25) is 0 Å². The van der Waals surface area contributed by atoms with E-state index < -0.39 is 22.9 Å². The fourth-order valence-corrected chi connectivity index (χ4v) is 6.98. The van der Waals surface area contributed by atoms with Gasteiger partial charge < -0.3 is 51.2 Å². The molecule has 0 aliphatic rings. The number of benzene rings is 4. The third-order valence-electron chi connectivity index (χ3n) is 9.22. The van der Waals surface area contributed by atoms with Gasteiger partial charge in [0.2, 0.25) is 0 Å². The van der Waals surface area contributed by atoms with Gasteiger partial charge in [-0.25, -0.2) is 14.4 Å². The van der Waals surface area contributed by atoms with Crippen molar-refractivity contribution in [1.29, 1.82) is 0 Å². The lowest BCUT2D eigenvalue weighted by Gasteiger charge is -2.19. The van der Waals surface area contributed by atoms with Crippen LogP contribution in [0.4, 0.5) is 14.4 Å². The minimum atomic E-state index is -0.488. The number of nitrogens with two attached hydrogens (primary N) is 1. The van der Waals surface area contributed by atoms with Gasteiger partial charge in [-0.05, 0) is 160 Å². The average molecular weight is 1150 g/mol. The Morgan fingerprint density at radius 1 is 0.514 bits per heavy atom. The highest BCUT2D eigenvalue weighted by molar-refractivity contribution is 9.10. The largest absolute Gasteiger partial charge is 0.444 e. The summed E-state index contributed by atoms with van der Waals surface area (Å²) in [6.07, 6.45) is 10.5. The monoisotopic (exact) mass is 1150 g/mol. The predicted molar refractivity (Wildman–Crippen MR) is 307 cm³/mol. The van der Waals surface area contributed by atoms with Crippen molar-refractivity contribution < 1.29 is 43.9 Å². The Labute approximate surface area is 459 Å². The number of alkyl carbamates (subject to hydrolysis) is 3. The van der Waals surface area contributed by atoms with Crippen LogP contribution in [-0.4, -0.2) is 96.4 Å². The highest BCUT2D eigenvalue weighted by Crippen LogP contribution is 2.18. The van der Waals surface area contributed by atoms with Crippen LogP contribution in [0.25, 0.3) is 0 Å². The zero-order valence-electron chi connectivity index (χ0n) is 45.3. The zero-order valence-corrected chi connectivity index (χ0v) is 48.4. The fourth-order valence-electron chi connectivity index (χ4n) is 6.01. The number of nitrogens with one attached hydrogen (secondary N) is 3. The Balaban J connectivity index is 0.000000953. The SMILES string of the molecule is C#CCCO.CC(C)(C)OC(=O)NCCc1ccccc1Br.CC(C)(C)OC(=O)NCCc1ccccc1C#CCCO.CC(C)(C)OC(=O)NCCc1ccccc1CCCCO.NCCc1ccccc1Br. The van der Waals surface area contributed by atoms with Crippen molar-refractivity contribution >= 4 is 50.1 Å². The van der Waals surface area contributed by atoms with Gasteiger partial charge in [0.1, 0.15) is 16.8 Å². The maximum Gasteiger partial charge on any atom is 0.407 e. The topological polar surface area (TPSA) is 202 Å². The van der Waals surface area contributed by atoms with Crippen molar-refractivity contribution in [2.45, 2.75) is 137 Å². The lowest BCUT2D eigenvalue weighted by molar-refractivity contribution is 0.0517. The molecule has 0 bridgehead atoms. The summed E-state index contributed by atoms with van der Waals surface area (Å²) < 4.78 is 17.7. The molecule has 15 heteroatoms. The molecule has 0 aromatic heterocycles. The molecular weight excluding hydrogens is 1070 g/mol. The molecule has 0 spiro atoms. The summed E-state index contributed by atoms with van der Waals surface area (Å²) in [7, 11) is 0. The molecule has 0 radical (unpaired) electrons. The van der Waals surface area contributed by atoms with Gasteiger partial charge in [0.05, 0.1) is 13.2 Å². The number of ether oxygens (including phenoxy) is 3. The molecule has 0 saturated heterocycles. The van der Waals surface area contributed by atoms with Crippen LogP contribution in [0.3, 0.4) is 0 Å². The van der Waals surface area contributed by atoms with E-state index in [2.05, 4.69) is 83.8 Å². The molecule has 3 amide bonds. The van der Waals surface area contributed by atoms with E-state index in [1.165, 1.54) is 22.3 Å². The van der Waals surface area contributed by atoms with Crippen LogP contribution in [-0.2, 0) is 46.3 Å². The number of rotatable bonds is 17. The first-order valence-electron chi connectivity index (χ1n) is 25.0. The molecule has 13 nitrogen and oxygen atoms in total. The fraction of sp³-hybridized carbons (Fsp3) is 0.475. The molecule has 4 aromatic rings. The Morgan fingerprint density at radius 2 is 0.878 bits per heavy atom. The maximum atomic E-state index is 11.6. The second-order valence-corrected chi connectivity index (χ2v) is 21.0. The summed E-state index contributed by atoms with van der Waals surface area (Å²) >= 11 is 6.91. The lowest BCUT2D eigenvalue weighted by Crippen LogP contribution is -2.33. The molecule has 0 saturated carbocycles. The Bertz CT molecular complexity index is 2290. The van der Waals surface area contributed by atoms with Crippen molar-refractivity contribution in [1.82, 2.24) is 16.0 Å². The molecule has 0 heterocycles. The molecule has 408 valence electrons. The minimum Gasteiger partial charge on any atom is -0.444 e.